The van der Waals surface area contributed by atoms with Crippen molar-refractivity contribution in [3.05, 3.63) is 21.9 Å². The second-order valence-corrected chi connectivity index (χ2v) is 6.71. The molecule has 1 atom stereocenters. The molecule has 0 saturated heterocycles. The van der Waals surface area contributed by atoms with E-state index in [0.717, 1.165) is 6.54 Å². The summed E-state index contributed by atoms with van der Waals surface area (Å²) in [5, 5.41) is 6.08. The van der Waals surface area contributed by atoms with Gasteiger partial charge >= 0.3 is 0 Å². The summed E-state index contributed by atoms with van der Waals surface area (Å²) in [6.45, 7) is 3.35. The number of nitrogens with one attached hydrogen (secondary N) is 1. The Bertz CT molecular complexity index is 376. The lowest BCUT2D eigenvalue weighted by Crippen LogP contribution is -2.42. The third-order valence-electron chi connectivity index (χ3n) is 4.81. The first-order valence-electron chi connectivity index (χ1n) is 7.15. The van der Waals surface area contributed by atoms with E-state index in [2.05, 4.69) is 23.7 Å². The predicted molar refractivity (Wildman–Crippen MR) is 74.6 cm³/mol. The first-order chi connectivity index (χ1) is 8.36. The molecule has 2 aliphatic rings. The summed E-state index contributed by atoms with van der Waals surface area (Å²) in [6, 6.07) is 3.02. The van der Waals surface area contributed by atoms with Crippen LogP contribution < -0.4 is 5.32 Å². The molecule has 0 bridgehead atoms. The number of thiophene rings is 1. The fourth-order valence-electron chi connectivity index (χ4n) is 3.97. The number of fused-ring (bicyclic) bond motifs is 1. The van der Waals surface area contributed by atoms with Gasteiger partial charge in [-0.25, -0.2) is 0 Å². The first kappa shape index (κ1) is 11.7. The SMILES string of the molecule is CCNC1c2ccsc2CCC12CCCCC2. The minimum atomic E-state index is 0.586. The van der Waals surface area contributed by atoms with Gasteiger partial charge in [-0.3, -0.25) is 0 Å². The minimum Gasteiger partial charge on any atom is -0.310 e. The summed E-state index contributed by atoms with van der Waals surface area (Å²) < 4.78 is 0. The minimum absolute atomic E-state index is 0.586. The molecule has 0 aliphatic heterocycles. The molecule has 1 aromatic heterocycles. The number of aryl methyl sites for hydroxylation is 1. The van der Waals surface area contributed by atoms with Crippen LogP contribution in [0.1, 0.15) is 61.9 Å². The molecule has 1 nitrogen and oxygen atoms in total. The van der Waals surface area contributed by atoms with E-state index in [1.54, 1.807) is 10.4 Å². The Morgan fingerprint density at radius 1 is 1.29 bits per heavy atom. The number of hydrogen-bond donors (Lipinski definition) is 1. The van der Waals surface area contributed by atoms with E-state index in [9.17, 15) is 0 Å². The van der Waals surface area contributed by atoms with Crippen molar-refractivity contribution in [1.29, 1.82) is 0 Å². The van der Waals surface area contributed by atoms with Gasteiger partial charge in [-0.1, -0.05) is 26.2 Å². The quantitative estimate of drug-likeness (QED) is 0.824. The van der Waals surface area contributed by atoms with E-state index in [1.165, 1.54) is 44.9 Å². The van der Waals surface area contributed by atoms with Crippen molar-refractivity contribution in [2.24, 2.45) is 5.41 Å². The summed E-state index contributed by atoms with van der Waals surface area (Å²) >= 11 is 1.96. The van der Waals surface area contributed by atoms with E-state index in [-0.39, 0.29) is 0 Å². The fraction of sp³-hybridized carbons (Fsp3) is 0.733. The molecule has 0 radical (unpaired) electrons. The highest BCUT2D eigenvalue weighted by Crippen LogP contribution is 2.53. The van der Waals surface area contributed by atoms with Crippen LogP contribution in [0.15, 0.2) is 11.4 Å². The van der Waals surface area contributed by atoms with E-state index >= 15 is 0 Å². The third kappa shape index (κ3) is 1.96. The van der Waals surface area contributed by atoms with Crippen LogP contribution in [-0.2, 0) is 6.42 Å². The highest BCUT2D eigenvalue weighted by atomic mass is 32.1. The number of rotatable bonds is 2. The molecule has 0 amide bonds. The van der Waals surface area contributed by atoms with Crippen LogP contribution in [0, 0.1) is 5.41 Å². The Labute approximate surface area is 109 Å². The molecule has 0 aromatic carbocycles. The monoisotopic (exact) mass is 249 g/mol. The maximum absolute atomic E-state index is 3.79. The summed E-state index contributed by atoms with van der Waals surface area (Å²) in [4.78, 5) is 1.65. The topological polar surface area (TPSA) is 12.0 Å². The maximum atomic E-state index is 3.79. The largest absolute Gasteiger partial charge is 0.310 e. The fourth-order valence-corrected chi connectivity index (χ4v) is 4.89. The van der Waals surface area contributed by atoms with Crippen LogP contribution in [0.2, 0.25) is 0 Å². The Hall–Kier alpha value is -0.340. The normalized spacial score (nSPS) is 27.0. The summed E-state index contributed by atoms with van der Waals surface area (Å²) in [5.41, 5.74) is 2.22. The average molecular weight is 249 g/mol. The summed E-state index contributed by atoms with van der Waals surface area (Å²) in [7, 11) is 0. The third-order valence-corrected chi connectivity index (χ3v) is 5.81. The zero-order chi connectivity index (χ0) is 11.7. The lowest BCUT2D eigenvalue weighted by atomic mass is 9.62. The van der Waals surface area contributed by atoms with Gasteiger partial charge in [0, 0.05) is 10.9 Å². The molecule has 94 valence electrons. The van der Waals surface area contributed by atoms with Crippen molar-refractivity contribution in [3.63, 3.8) is 0 Å². The van der Waals surface area contributed by atoms with Crippen molar-refractivity contribution in [3.8, 4) is 0 Å². The Morgan fingerprint density at radius 2 is 2.12 bits per heavy atom. The van der Waals surface area contributed by atoms with Gasteiger partial charge in [0.05, 0.1) is 0 Å². The van der Waals surface area contributed by atoms with Gasteiger partial charge in [-0.2, -0.15) is 0 Å². The van der Waals surface area contributed by atoms with Gasteiger partial charge in [0.25, 0.3) is 0 Å². The van der Waals surface area contributed by atoms with Crippen LogP contribution in [0.5, 0.6) is 0 Å². The molecule has 2 aliphatic carbocycles. The smallest absolute Gasteiger partial charge is 0.0388 e. The second kappa shape index (κ2) is 4.74. The zero-order valence-corrected chi connectivity index (χ0v) is 11.6. The molecule has 3 rings (SSSR count). The second-order valence-electron chi connectivity index (χ2n) is 5.71. The van der Waals surface area contributed by atoms with Crippen molar-refractivity contribution >= 4 is 11.3 Å². The van der Waals surface area contributed by atoms with Crippen molar-refractivity contribution in [2.75, 3.05) is 6.54 Å². The standard InChI is InChI=1S/C15H23NS/c1-2-16-14-12-7-11-17-13(12)6-10-15(14)8-4-3-5-9-15/h7,11,14,16H,2-6,8-10H2,1H3. The first-order valence-corrected chi connectivity index (χ1v) is 8.03. The van der Waals surface area contributed by atoms with E-state index in [1.807, 2.05) is 11.3 Å². The van der Waals surface area contributed by atoms with Crippen LogP contribution in [0.25, 0.3) is 0 Å². The van der Waals surface area contributed by atoms with Gasteiger partial charge < -0.3 is 5.32 Å². The summed E-state index contributed by atoms with van der Waals surface area (Å²) in [6.07, 6.45) is 9.98. The number of hydrogen-bond acceptors (Lipinski definition) is 2. The molecule has 1 saturated carbocycles. The summed E-state index contributed by atoms with van der Waals surface area (Å²) in [5.74, 6) is 0. The van der Waals surface area contributed by atoms with Crippen LogP contribution in [0.4, 0.5) is 0 Å². The average Bonchev–Trinajstić information content (AvgIpc) is 2.83. The Balaban J connectivity index is 1.94. The molecule has 1 heterocycles. The highest BCUT2D eigenvalue weighted by molar-refractivity contribution is 7.10. The Morgan fingerprint density at radius 3 is 2.88 bits per heavy atom. The maximum Gasteiger partial charge on any atom is 0.0388 e. The zero-order valence-electron chi connectivity index (χ0n) is 10.8. The van der Waals surface area contributed by atoms with Crippen molar-refractivity contribution in [1.82, 2.24) is 5.32 Å². The van der Waals surface area contributed by atoms with Crippen LogP contribution in [0.3, 0.4) is 0 Å². The van der Waals surface area contributed by atoms with E-state index in [0.29, 0.717) is 11.5 Å². The molecule has 1 aromatic rings. The molecule has 2 heteroatoms. The molecule has 1 fully saturated rings. The lowest BCUT2D eigenvalue weighted by Gasteiger charge is -2.47. The predicted octanol–water partition coefficient (Wildman–Crippen LogP) is 4.30. The molecule has 17 heavy (non-hydrogen) atoms. The Kier molecular flexibility index (Phi) is 3.27. The van der Waals surface area contributed by atoms with E-state index < -0.39 is 0 Å². The van der Waals surface area contributed by atoms with Gasteiger partial charge in [0.1, 0.15) is 0 Å². The molecular formula is C15H23NS. The van der Waals surface area contributed by atoms with Crippen molar-refractivity contribution in [2.45, 2.75) is 57.9 Å². The van der Waals surface area contributed by atoms with Gasteiger partial charge in [-0.15, -0.1) is 11.3 Å². The van der Waals surface area contributed by atoms with Crippen LogP contribution in [-0.4, -0.2) is 6.54 Å². The molecule has 1 N–H and O–H groups in total. The lowest BCUT2D eigenvalue weighted by molar-refractivity contribution is 0.101. The van der Waals surface area contributed by atoms with Gasteiger partial charge in [0.2, 0.25) is 0 Å². The molecule has 1 unspecified atom stereocenters. The van der Waals surface area contributed by atoms with Crippen LogP contribution >= 0.6 is 11.3 Å². The van der Waals surface area contributed by atoms with Crippen molar-refractivity contribution < 1.29 is 0 Å². The van der Waals surface area contributed by atoms with Gasteiger partial charge in [0.15, 0.2) is 0 Å². The molecule has 1 spiro atoms. The van der Waals surface area contributed by atoms with E-state index in [4.69, 9.17) is 0 Å². The highest BCUT2D eigenvalue weighted by Gasteiger charge is 2.43. The van der Waals surface area contributed by atoms with Gasteiger partial charge in [-0.05, 0) is 54.7 Å². The molecular weight excluding hydrogens is 226 g/mol.